The summed E-state index contributed by atoms with van der Waals surface area (Å²) in [5.41, 5.74) is 0.975. The smallest absolute Gasteiger partial charge is 0.338 e. The van der Waals surface area contributed by atoms with Gasteiger partial charge in [0.05, 0.1) is 29.7 Å². The van der Waals surface area contributed by atoms with Gasteiger partial charge in [-0.1, -0.05) is 31.9 Å². The second-order valence-corrected chi connectivity index (χ2v) is 7.40. The highest BCUT2D eigenvalue weighted by Crippen LogP contribution is 2.53. The zero-order valence-electron chi connectivity index (χ0n) is 14.9. The Balaban J connectivity index is 1.45. The number of rotatable bonds is 6. The van der Waals surface area contributed by atoms with Crippen LogP contribution in [0.1, 0.15) is 43.0 Å². The molecule has 0 spiro atoms. The number of fused-ring (bicyclic) bond motifs is 5. The van der Waals surface area contributed by atoms with Crippen LogP contribution in [0.25, 0.3) is 0 Å². The van der Waals surface area contributed by atoms with Crippen LogP contribution in [0.5, 0.6) is 0 Å². The van der Waals surface area contributed by atoms with Crippen LogP contribution in [-0.4, -0.2) is 24.4 Å². The highest BCUT2D eigenvalue weighted by molar-refractivity contribution is 6.22. The van der Waals surface area contributed by atoms with Gasteiger partial charge >= 0.3 is 5.97 Å². The minimum Gasteiger partial charge on any atom is -0.462 e. The maximum atomic E-state index is 12.8. The van der Waals surface area contributed by atoms with Crippen molar-refractivity contribution in [3.8, 4) is 0 Å². The molecule has 1 aliphatic heterocycles. The molecule has 0 aromatic heterocycles. The molecule has 1 saturated carbocycles. The number of unbranched alkanes of at least 4 members (excludes halogenated alkanes) is 2. The summed E-state index contributed by atoms with van der Waals surface area (Å²) in [4.78, 5) is 38.9. The van der Waals surface area contributed by atoms with Gasteiger partial charge in [-0.05, 0) is 48.9 Å². The van der Waals surface area contributed by atoms with E-state index in [0.29, 0.717) is 17.9 Å². The molecule has 2 fully saturated rings. The lowest BCUT2D eigenvalue weighted by Gasteiger charge is -2.17. The van der Waals surface area contributed by atoms with Gasteiger partial charge in [-0.25, -0.2) is 4.79 Å². The highest BCUT2D eigenvalue weighted by atomic mass is 16.5. The summed E-state index contributed by atoms with van der Waals surface area (Å²) < 4.78 is 5.24. The van der Waals surface area contributed by atoms with Crippen molar-refractivity contribution in [3.63, 3.8) is 0 Å². The molecular formula is C21H23NO4. The van der Waals surface area contributed by atoms with E-state index in [0.717, 1.165) is 25.7 Å². The first kappa shape index (κ1) is 17.0. The molecule has 0 N–H and O–H groups in total. The van der Waals surface area contributed by atoms with Crippen molar-refractivity contribution < 1.29 is 19.1 Å². The Kier molecular flexibility index (Phi) is 4.39. The fourth-order valence-electron chi connectivity index (χ4n) is 4.50. The van der Waals surface area contributed by atoms with Gasteiger partial charge < -0.3 is 4.74 Å². The Morgan fingerprint density at radius 3 is 2.23 bits per heavy atom. The third-order valence-corrected chi connectivity index (χ3v) is 5.81. The Labute approximate surface area is 153 Å². The molecule has 1 aromatic carbocycles. The van der Waals surface area contributed by atoms with Crippen LogP contribution >= 0.6 is 0 Å². The Bertz CT molecular complexity index is 737. The molecule has 2 amide bonds. The van der Waals surface area contributed by atoms with E-state index in [-0.39, 0.29) is 41.5 Å². The van der Waals surface area contributed by atoms with Crippen molar-refractivity contribution in [2.24, 2.45) is 23.7 Å². The molecule has 5 heteroatoms. The lowest BCUT2D eigenvalue weighted by Crippen LogP contribution is -2.32. The molecule has 0 unspecified atom stereocenters. The molecule has 1 heterocycles. The molecule has 26 heavy (non-hydrogen) atoms. The summed E-state index contributed by atoms with van der Waals surface area (Å²) in [6, 6.07) is 6.57. The lowest BCUT2D eigenvalue weighted by molar-refractivity contribution is -0.123. The van der Waals surface area contributed by atoms with Crippen LogP contribution in [0.4, 0.5) is 5.69 Å². The zero-order valence-corrected chi connectivity index (χ0v) is 14.9. The summed E-state index contributed by atoms with van der Waals surface area (Å²) in [6.45, 7) is 2.51. The molecule has 3 aliphatic rings. The second kappa shape index (κ2) is 6.71. The standard InChI is InChI=1S/C21H23NO4/c1-2-3-4-11-26-21(25)13-7-9-16(10-8-13)22-19(23)17-14-5-6-15(12-14)18(17)20(22)24/h5-10,14-15,17-18H,2-4,11-12H2,1H3/t14-,15-,17-,18+/m0/s1. The SMILES string of the molecule is CCCCCOC(=O)c1ccc(N2C(=O)[C@@H]3[C@H](C2=O)[C@H]2C=C[C@H]3C2)cc1. The number of nitrogens with zero attached hydrogens (tertiary/aromatic N) is 1. The van der Waals surface area contributed by atoms with Gasteiger partial charge in [-0.3, -0.25) is 14.5 Å². The molecule has 2 bridgehead atoms. The summed E-state index contributed by atoms with van der Waals surface area (Å²) in [5.74, 6) is -0.599. The number of anilines is 1. The van der Waals surface area contributed by atoms with Crippen LogP contribution in [-0.2, 0) is 14.3 Å². The number of ether oxygens (including phenoxy) is 1. The molecule has 4 rings (SSSR count). The van der Waals surface area contributed by atoms with Crippen molar-refractivity contribution in [2.45, 2.75) is 32.6 Å². The van der Waals surface area contributed by atoms with Crippen molar-refractivity contribution in [3.05, 3.63) is 42.0 Å². The number of benzene rings is 1. The number of carbonyl (C=O) groups excluding carboxylic acids is 3. The number of amides is 2. The average molecular weight is 353 g/mol. The van der Waals surface area contributed by atoms with Gasteiger partial charge in [0, 0.05) is 0 Å². The Morgan fingerprint density at radius 1 is 1.04 bits per heavy atom. The Hall–Kier alpha value is -2.43. The molecule has 1 aromatic rings. The first-order chi connectivity index (χ1) is 12.6. The number of imide groups is 1. The van der Waals surface area contributed by atoms with Crippen molar-refractivity contribution in [2.75, 3.05) is 11.5 Å². The Morgan fingerprint density at radius 2 is 1.65 bits per heavy atom. The molecule has 1 saturated heterocycles. The lowest BCUT2D eigenvalue weighted by atomic mass is 9.85. The van der Waals surface area contributed by atoms with Crippen LogP contribution in [0, 0.1) is 23.7 Å². The van der Waals surface area contributed by atoms with Crippen LogP contribution < -0.4 is 4.90 Å². The quantitative estimate of drug-likeness (QED) is 0.340. The topological polar surface area (TPSA) is 63.7 Å². The van der Waals surface area contributed by atoms with Crippen LogP contribution in [0.3, 0.4) is 0 Å². The zero-order chi connectivity index (χ0) is 18.3. The third-order valence-electron chi connectivity index (χ3n) is 5.81. The van der Waals surface area contributed by atoms with Gasteiger partial charge in [0.2, 0.25) is 11.8 Å². The molecule has 5 nitrogen and oxygen atoms in total. The first-order valence-corrected chi connectivity index (χ1v) is 9.45. The van der Waals surface area contributed by atoms with E-state index in [1.165, 1.54) is 4.90 Å². The maximum absolute atomic E-state index is 12.8. The van der Waals surface area contributed by atoms with E-state index in [1.54, 1.807) is 24.3 Å². The van der Waals surface area contributed by atoms with Gasteiger partial charge in [0.1, 0.15) is 0 Å². The predicted molar refractivity (Wildman–Crippen MR) is 96.5 cm³/mol. The van der Waals surface area contributed by atoms with E-state index in [1.807, 2.05) is 0 Å². The highest BCUT2D eigenvalue weighted by Gasteiger charge is 2.59. The summed E-state index contributed by atoms with van der Waals surface area (Å²) in [5, 5.41) is 0. The minimum absolute atomic E-state index is 0.105. The van der Waals surface area contributed by atoms with Crippen molar-refractivity contribution in [1.29, 1.82) is 0 Å². The van der Waals surface area contributed by atoms with Crippen LogP contribution in [0.2, 0.25) is 0 Å². The monoisotopic (exact) mass is 353 g/mol. The summed E-state index contributed by atoms with van der Waals surface area (Å²) in [7, 11) is 0. The van der Waals surface area contributed by atoms with E-state index in [4.69, 9.17) is 4.74 Å². The largest absolute Gasteiger partial charge is 0.462 e. The number of hydrogen-bond donors (Lipinski definition) is 0. The molecule has 4 atom stereocenters. The third kappa shape index (κ3) is 2.66. The van der Waals surface area contributed by atoms with Gasteiger partial charge in [0.25, 0.3) is 0 Å². The summed E-state index contributed by atoms with van der Waals surface area (Å²) in [6.07, 6.45) is 8.05. The molecule has 0 radical (unpaired) electrons. The second-order valence-electron chi connectivity index (χ2n) is 7.40. The number of allylic oxidation sites excluding steroid dienone is 2. The average Bonchev–Trinajstić information content (AvgIpc) is 3.33. The predicted octanol–water partition coefficient (Wildman–Crippen LogP) is 3.35. The van der Waals surface area contributed by atoms with Gasteiger partial charge in [0.15, 0.2) is 0 Å². The maximum Gasteiger partial charge on any atom is 0.338 e. The van der Waals surface area contributed by atoms with Gasteiger partial charge in [-0.2, -0.15) is 0 Å². The molecule has 2 aliphatic carbocycles. The van der Waals surface area contributed by atoms with E-state index in [9.17, 15) is 14.4 Å². The molecular weight excluding hydrogens is 330 g/mol. The van der Waals surface area contributed by atoms with E-state index >= 15 is 0 Å². The fourth-order valence-corrected chi connectivity index (χ4v) is 4.50. The van der Waals surface area contributed by atoms with Gasteiger partial charge in [-0.15, -0.1) is 0 Å². The van der Waals surface area contributed by atoms with E-state index in [2.05, 4.69) is 19.1 Å². The summed E-state index contributed by atoms with van der Waals surface area (Å²) >= 11 is 0. The van der Waals surface area contributed by atoms with E-state index < -0.39 is 0 Å². The molecule has 136 valence electrons. The number of hydrogen-bond acceptors (Lipinski definition) is 4. The van der Waals surface area contributed by atoms with Crippen molar-refractivity contribution >= 4 is 23.5 Å². The minimum atomic E-state index is -0.370. The normalized spacial score (nSPS) is 28.7. The number of carbonyl (C=O) groups is 3. The van der Waals surface area contributed by atoms with Crippen LogP contribution in [0.15, 0.2) is 36.4 Å². The fraction of sp³-hybridized carbons (Fsp3) is 0.476. The number of esters is 1. The first-order valence-electron chi connectivity index (χ1n) is 9.45. The van der Waals surface area contributed by atoms with Crippen molar-refractivity contribution in [1.82, 2.24) is 0 Å².